The summed E-state index contributed by atoms with van der Waals surface area (Å²) < 4.78 is 0. The average Bonchev–Trinajstić information content (AvgIpc) is 2.29. The van der Waals surface area contributed by atoms with Crippen LogP contribution in [0, 0.1) is 5.92 Å². The smallest absolute Gasteiger partial charge is 0.191 e. The number of nitrogens with two attached hydrogens (primary N) is 1. The summed E-state index contributed by atoms with van der Waals surface area (Å²) in [6.07, 6.45) is 10.7. The molecule has 17 heavy (non-hydrogen) atoms. The zero-order valence-electron chi connectivity index (χ0n) is 11.2. The van der Waals surface area contributed by atoms with Crippen LogP contribution in [0.15, 0.2) is 4.99 Å². The molecule has 2 fully saturated rings. The molecule has 0 saturated heterocycles. The Morgan fingerprint density at radius 2 is 1.82 bits per heavy atom. The molecule has 3 nitrogen and oxygen atoms in total. The minimum atomic E-state index is 0.499. The predicted molar refractivity (Wildman–Crippen MR) is 73.1 cm³/mol. The lowest BCUT2D eigenvalue weighted by Gasteiger charge is -2.33. The van der Waals surface area contributed by atoms with E-state index in [1.54, 1.807) is 0 Å². The summed E-state index contributed by atoms with van der Waals surface area (Å²) >= 11 is 0. The van der Waals surface area contributed by atoms with Crippen LogP contribution in [0.1, 0.15) is 58.3 Å². The summed E-state index contributed by atoms with van der Waals surface area (Å²) in [4.78, 5) is 7.02. The minimum absolute atomic E-state index is 0.499. The molecular formula is C14H27N3. The van der Waals surface area contributed by atoms with Gasteiger partial charge in [0.1, 0.15) is 0 Å². The van der Waals surface area contributed by atoms with E-state index in [1.165, 1.54) is 51.4 Å². The fraction of sp³-hybridized carbons (Fsp3) is 0.929. The fourth-order valence-electron chi connectivity index (χ4n) is 2.85. The highest BCUT2D eigenvalue weighted by atomic mass is 15.3. The van der Waals surface area contributed by atoms with E-state index >= 15 is 0 Å². The van der Waals surface area contributed by atoms with Gasteiger partial charge < -0.3 is 10.6 Å². The van der Waals surface area contributed by atoms with Gasteiger partial charge in [-0.1, -0.05) is 25.7 Å². The Bertz CT molecular complexity index is 252. The van der Waals surface area contributed by atoms with Crippen molar-refractivity contribution in [1.29, 1.82) is 0 Å². The molecule has 2 aliphatic carbocycles. The predicted octanol–water partition coefficient (Wildman–Crippen LogP) is 2.76. The first kappa shape index (κ1) is 12.7. The van der Waals surface area contributed by atoms with Crippen LogP contribution < -0.4 is 5.73 Å². The molecule has 2 N–H and O–H groups in total. The Balaban J connectivity index is 1.85. The maximum absolute atomic E-state index is 6.16. The van der Waals surface area contributed by atoms with Crippen LogP contribution in [0.3, 0.4) is 0 Å². The van der Waals surface area contributed by atoms with E-state index in [1.807, 2.05) is 0 Å². The van der Waals surface area contributed by atoms with E-state index in [-0.39, 0.29) is 0 Å². The van der Waals surface area contributed by atoms with E-state index in [4.69, 9.17) is 10.7 Å². The molecule has 0 aromatic rings. The van der Waals surface area contributed by atoms with Crippen LogP contribution in [0.2, 0.25) is 0 Å². The van der Waals surface area contributed by atoms with Gasteiger partial charge in [0.25, 0.3) is 0 Å². The third-order valence-corrected chi connectivity index (χ3v) is 4.30. The molecule has 98 valence electrons. The second kappa shape index (κ2) is 6.27. The van der Waals surface area contributed by atoms with Gasteiger partial charge in [-0.15, -0.1) is 0 Å². The van der Waals surface area contributed by atoms with Crippen molar-refractivity contribution in [3.05, 3.63) is 0 Å². The number of hydrogen-bond acceptors (Lipinski definition) is 1. The molecule has 2 saturated carbocycles. The SMILES string of the molecule is CCN(CC1CCC1)C(N)=NC1CCCCC1. The van der Waals surface area contributed by atoms with E-state index in [9.17, 15) is 0 Å². The van der Waals surface area contributed by atoms with Crippen LogP contribution in [0.4, 0.5) is 0 Å². The van der Waals surface area contributed by atoms with Crippen molar-refractivity contribution < 1.29 is 0 Å². The van der Waals surface area contributed by atoms with E-state index in [2.05, 4.69) is 11.8 Å². The monoisotopic (exact) mass is 237 g/mol. The molecule has 0 spiro atoms. The molecule has 2 rings (SSSR count). The lowest BCUT2D eigenvalue weighted by Crippen LogP contribution is -2.42. The third kappa shape index (κ3) is 3.62. The molecule has 0 radical (unpaired) electrons. The summed E-state index contributed by atoms with van der Waals surface area (Å²) in [6, 6.07) is 0.499. The maximum atomic E-state index is 6.16. The van der Waals surface area contributed by atoms with Gasteiger partial charge in [-0.05, 0) is 38.5 Å². The molecule has 0 aromatic carbocycles. The standard InChI is InChI=1S/C14H27N3/c1-2-17(11-12-7-6-8-12)14(15)16-13-9-4-3-5-10-13/h12-13H,2-11H2,1H3,(H2,15,16). The minimum Gasteiger partial charge on any atom is -0.370 e. The first-order chi connectivity index (χ1) is 8.29. The van der Waals surface area contributed by atoms with Crippen molar-refractivity contribution in [3.8, 4) is 0 Å². The van der Waals surface area contributed by atoms with Crippen molar-refractivity contribution >= 4 is 5.96 Å². The van der Waals surface area contributed by atoms with Crippen LogP contribution in [-0.4, -0.2) is 30.0 Å². The highest BCUT2D eigenvalue weighted by molar-refractivity contribution is 5.78. The van der Waals surface area contributed by atoms with Gasteiger partial charge in [0.2, 0.25) is 0 Å². The Morgan fingerprint density at radius 3 is 2.35 bits per heavy atom. The Morgan fingerprint density at radius 1 is 1.12 bits per heavy atom. The van der Waals surface area contributed by atoms with Gasteiger partial charge >= 0.3 is 0 Å². The topological polar surface area (TPSA) is 41.6 Å². The van der Waals surface area contributed by atoms with Crippen LogP contribution >= 0.6 is 0 Å². The lowest BCUT2D eigenvalue weighted by molar-refractivity contribution is 0.242. The molecular weight excluding hydrogens is 210 g/mol. The van der Waals surface area contributed by atoms with Crippen molar-refractivity contribution in [1.82, 2.24) is 4.90 Å². The molecule has 0 bridgehead atoms. The maximum Gasteiger partial charge on any atom is 0.191 e. The summed E-state index contributed by atoms with van der Waals surface area (Å²) in [6.45, 7) is 4.30. The molecule has 0 aromatic heterocycles. The highest BCUT2D eigenvalue weighted by Crippen LogP contribution is 2.27. The summed E-state index contributed by atoms with van der Waals surface area (Å²) in [5.74, 6) is 1.67. The van der Waals surface area contributed by atoms with Crippen molar-refractivity contribution in [2.75, 3.05) is 13.1 Å². The highest BCUT2D eigenvalue weighted by Gasteiger charge is 2.21. The Labute approximate surface area is 105 Å². The number of nitrogens with zero attached hydrogens (tertiary/aromatic N) is 2. The largest absolute Gasteiger partial charge is 0.370 e. The Hall–Kier alpha value is -0.730. The summed E-state index contributed by atoms with van der Waals surface area (Å²) in [5, 5.41) is 0. The summed E-state index contributed by atoms with van der Waals surface area (Å²) in [7, 11) is 0. The second-order valence-corrected chi connectivity index (χ2v) is 5.61. The van der Waals surface area contributed by atoms with E-state index < -0.39 is 0 Å². The quantitative estimate of drug-likeness (QED) is 0.603. The van der Waals surface area contributed by atoms with Crippen LogP contribution in [0.25, 0.3) is 0 Å². The van der Waals surface area contributed by atoms with Crippen LogP contribution in [-0.2, 0) is 0 Å². The van der Waals surface area contributed by atoms with Gasteiger partial charge in [0.15, 0.2) is 5.96 Å². The zero-order valence-corrected chi connectivity index (χ0v) is 11.2. The van der Waals surface area contributed by atoms with Crippen molar-refractivity contribution in [2.45, 2.75) is 64.3 Å². The first-order valence-electron chi connectivity index (χ1n) is 7.37. The number of rotatable bonds is 4. The lowest BCUT2D eigenvalue weighted by atomic mass is 9.85. The van der Waals surface area contributed by atoms with Gasteiger partial charge in [0.05, 0.1) is 6.04 Å². The second-order valence-electron chi connectivity index (χ2n) is 5.61. The van der Waals surface area contributed by atoms with E-state index in [0.29, 0.717) is 6.04 Å². The normalized spacial score (nSPS) is 23.5. The fourth-order valence-corrected chi connectivity index (χ4v) is 2.85. The molecule has 2 aliphatic rings. The molecule has 0 aliphatic heterocycles. The number of hydrogen-bond donors (Lipinski definition) is 1. The molecule has 0 unspecified atom stereocenters. The van der Waals surface area contributed by atoms with Gasteiger partial charge in [-0.25, -0.2) is 4.99 Å². The molecule has 0 atom stereocenters. The van der Waals surface area contributed by atoms with Gasteiger partial charge in [-0.3, -0.25) is 0 Å². The van der Waals surface area contributed by atoms with Crippen molar-refractivity contribution in [2.24, 2.45) is 16.6 Å². The number of guanidine groups is 1. The van der Waals surface area contributed by atoms with Crippen LogP contribution in [0.5, 0.6) is 0 Å². The van der Waals surface area contributed by atoms with Crippen molar-refractivity contribution in [3.63, 3.8) is 0 Å². The molecule has 3 heteroatoms. The number of aliphatic imine (C=N–C) groups is 1. The first-order valence-corrected chi connectivity index (χ1v) is 7.37. The molecule has 0 amide bonds. The Kier molecular flexibility index (Phi) is 4.69. The molecule has 0 heterocycles. The zero-order chi connectivity index (χ0) is 12.1. The van der Waals surface area contributed by atoms with Gasteiger partial charge in [0, 0.05) is 13.1 Å². The van der Waals surface area contributed by atoms with Gasteiger partial charge in [-0.2, -0.15) is 0 Å². The average molecular weight is 237 g/mol. The third-order valence-electron chi connectivity index (χ3n) is 4.30. The summed E-state index contributed by atoms with van der Waals surface area (Å²) in [5.41, 5.74) is 6.16. The van der Waals surface area contributed by atoms with E-state index in [0.717, 1.165) is 25.0 Å².